The van der Waals surface area contributed by atoms with E-state index in [9.17, 15) is 0 Å². The van der Waals surface area contributed by atoms with Crippen molar-refractivity contribution >= 4 is 22.4 Å². The van der Waals surface area contributed by atoms with Crippen molar-refractivity contribution in [1.29, 1.82) is 0 Å². The first kappa shape index (κ1) is 12.2. The Hall–Kier alpha value is -1.28. The maximum atomic E-state index is 6.09. The van der Waals surface area contributed by atoms with E-state index in [1.165, 1.54) is 5.56 Å². The summed E-state index contributed by atoms with van der Waals surface area (Å²) in [5.41, 5.74) is 1.24. The molecule has 1 aromatic carbocycles. The molecule has 0 N–H and O–H groups in total. The van der Waals surface area contributed by atoms with E-state index in [1.54, 1.807) is 6.20 Å². The van der Waals surface area contributed by atoms with Crippen molar-refractivity contribution in [3.8, 4) is 5.75 Å². The molecule has 1 aromatic heterocycles. The van der Waals surface area contributed by atoms with Crippen LogP contribution in [0.3, 0.4) is 0 Å². The van der Waals surface area contributed by atoms with E-state index < -0.39 is 0 Å². The Bertz CT molecular complexity index is 525. The molecule has 17 heavy (non-hydrogen) atoms. The molecule has 0 radical (unpaired) electrons. The third-order valence-electron chi connectivity index (χ3n) is 2.72. The fourth-order valence-electron chi connectivity index (χ4n) is 1.97. The number of hydrogen-bond acceptors (Lipinski definition) is 2. The molecule has 3 heteroatoms. The number of fused-ring (bicyclic) bond motifs is 1. The smallest absolute Gasteiger partial charge is 0.136 e. The van der Waals surface area contributed by atoms with Crippen LogP contribution in [0.4, 0.5) is 0 Å². The van der Waals surface area contributed by atoms with E-state index in [-0.39, 0.29) is 0 Å². The summed E-state index contributed by atoms with van der Waals surface area (Å²) in [5.74, 6) is 0.928. The molecule has 0 saturated heterocycles. The molecule has 0 fully saturated rings. The van der Waals surface area contributed by atoms with Crippen molar-refractivity contribution in [2.24, 2.45) is 0 Å². The van der Waals surface area contributed by atoms with Crippen molar-refractivity contribution in [1.82, 2.24) is 4.98 Å². The molecule has 0 atom stereocenters. The highest BCUT2D eigenvalue weighted by atomic mass is 35.5. The number of aryl methyl sites for hydroxylation is 1. The highest BCUT2D eigenvalue weighted by molar-refractivity contribution is 6.34. The lowest BCUT2D eigenvalue weighted by molar-refractivity contribution is 0.337. The number of benzene rings is 1. The van der Waals surface area contributed by atoms with Crippen molar-refractivity contribution in [3.05, 3.63) is 35.1 Å². The summed E-state index contributed by atoms with van der Waals surface area (Å²) in [4.78, 5) is 4.09. The van der Waals surface area contributed by atoms with Crippen LogP contribution in [0, 0.1) is 0 Å². The van der Waals surface area contributed by atoms with Gasteiger partial charge in [0.1, 0.15) is 10.9 Å². The molecule has 0 amide bonds. The standard InChI is InChI=1S/C14H16ClNO/c1-3-5-11-8-10-6-7-16-14(15)12(10)9-13(11)17-4-2/h6-9H,3-5H2,1-2H3. The number of ether oxygens (including phenoxy) is 1. The SMILES string of the molecule is CCCc1cc2ccnc(Cl)c2cc1OCC. The molecule has 0 aliphatic carbocycles. The zero-order valence-electron chi connectivity index (χ0n) is 10.2. The Morgan fingerprint density at radius 3 is 2.82 bits per heavy atom. The van der Waals surface area contributed by atoms with Gasteiger partial charge in [0.15, 0.2) is 0 Å². The molecule has 0 aliphatic rings. The summed E-state index contributed by atoms with van der Waals surface area (Å²) < 4.78 is 5.67. The van der Waals surface area contributed by atoms with Gasteiger partial charge in [0, 0.05) is 11.6 Å². The van der Waals surface area contributed by atoms with Gasteiger partial charge in [-0.05, 0) is 42.5 Å². The Kier molecular flexibility index (Phi) is 3.85. The van der Waals surface area contributed by atoms with Gasteiger partial charge in [-0.25, -0.2) is 4.98 Å². The topological polar surface area (TPSA) is 22.1 Å². The van der Waals surface area contributed by atoms with E-state index in [0.717, 1.165) is 29.4 Å². The summed E-state index contributed by atoms with van der Waals surface area (Å²) >= 11 is 6.09. The van der Waals surface area contributed by atoms with Crippen LogP contribution in [0.25, 0.3) is 10.8 Å². The van der Waals surface area contributed by atoms with E-state index in [2.05, 4.69) is 18.0 Å². The summed E-state index contributed by atoms with van der Waals surface area (Å²) in [7, 11) is 0. The predicted octanol–water partition coefficient (Wildman–Crippen LogP) is 4.24. The van der Waals surface area contributed by atoms with Gasteiger partial charge in [0.2, 0.25) is 0 Å². The van der Waals surface area contributed by atoms with Gasteiger partial charge in [-0.2, -0.15) is 0 Å². The fraction of sp³-hybridized carbons (Fsp3) is 0.357. The molecule has 1 heterocycles. The quantitative estimate of drug-likeness (QED) is 0.756. The number of hydrogen-bond donors (Lipinski definition) is 0. The molecular weight excluding hydrogens is 234 g/mol. The molecule has 2 nitrogen and oxygen atoms in total. The molecule has 0 saturated carbocycles. The first-order chi connectivity index (χ1) is 8.26. The van der Waals surface area contributed by atoms with Crippen LogP contribution >= 0.6 is 11.6 Å². The third kappa shape index (κ3) is 2.52. The van der Waals surface area contributed by atoms with Gasteiger partial charge >= 0.3 is 0 Å². The Morgan fingerprint density at radius 1 is 1.29 bits per heavy atom. The number of rotatable bonds is 4. The van der Waals surface area contributed by atoms with Crippen LogP contribution < -0.4 is 4.74 Å². The Morgan fingerprint density at radius 2 is 2.12 bits per heavy atom. The van der Waals surface area contributed by atoms with E-state index >= 15 is 0 Å². The largest absolute Gasteiger partial charge is 0.494 e. The molecule has 90 valence electrons. The van der Waals surface area contributed by atoms with Gasteiger partial charge in [-0.1, -0.05) is 24.9 Å². The van der Waals surface area contributed by atoms with Gasteiger partial charge in [-0.15, -0.1) is 0 Å². The minimum atomic E-state index is 0.534. The summed E-state index contributed by atoms with van der Waals surface area (Å²) in [6.45, 7) is 4.82. The molecule has 2 aromatic rings. The summed E-state index contributed by atoms with van der Waals surface area (Å²) in [6, 6.07) is 6.13. The van der Waals surface area contributed by atoms with Crippen molar-refractivity contribution < 1.29 is 4.74 Å². The van der Waals surface area contributed by atoms with Gasteiger partial charge in [0.25, 0.3) is 0 Å². The first-order valence-electron chi connectivity index (χ1n) is 5.96. The van der Waals surface area contributed by atoms with Gasteiger partial charge in [0.05, 0.1) is 6.61 Å². The van der Waals surface area contributed by atoms with Crippen LogP contribution in [0.5, 0.6) is 5.75 Å². The molecule has 0 unspecified atom stereocenters. The van der Waals surface area contributed by atoms with Crippen LogP contribution in [0.15, 0.2) is 24.4 Å². The molecule has 0 aliphatic heterocycles. The number of aromatic nitrogens is 1. The highest BCUT2D eigenvalue weighted by Crippen LogP contribution is 2.30. The number of halogens is 1. The summed E-state index contributed by atoms with van der Waals surface area (Å²) in [6.07, 6.45) is 3.86. The average molecular weight is 250 g/mol. The van der Waals surface area contributed by atoms with Crippen LogP contribution in [-0.4, -0.2) is 11.6 Å². The predicted molar refractivity (Wildman–Crippen MR) is 71.9 cm³/mol. The number of nitrogens with zero attached hydrogens (tertiary/aromatic N) is 1. The van der Waals surface area contributed by atoms with Crippen LogP contribution in [0.1, 0.15) is 25.8 Å². The third-order valence-corrected chi connectivity index (χ3v) is 3.02. The zero-order valence-corrected chi connectivity index (χ0v) is 10.9. The van der Waals surface area contributed by atoms with Crippen LogP contribution in [0.2, 0.25) is 5.15 Å². The fourth-order valence-corrected chi connectivity index (χ4v) is 2.19. The lowest BCUT2D eigenvalue weighted by Crippen LogP contribution is -1.97. The van der Waals surface area contributed by atoms with Gasteiger partial charge < -0.3 is 4.74 Å². The minimum absolute atomic E-state index is 0.534. The minimum Gasteiger partial charge on any atom is -0.494 e. The Labute approximate surface area is 107 Å². The normalized spacial score (nSPS) is 10.8. The number of pyridine rings is 1. The first-order valence-corrected chi connectivity index (χ1v) is 6.34. The van der Waals surface area contributed by atoms with Crippen LogP contribution in [-0.2, 0) is 6.42 Å². The van der Waals surface area contributed by atoms with E-state index in [4.69, 9.17) is 16.3 Å². The molecule has 2 rings (SSSR count). The lowest BCUT2D eigenvalue weighted by atomic mass is 10.0. The molecule has 0 bridgehead atoms. The highest BCUT2D eigenvalue weighted by Gasteiger charge is 2.08. The lowest BCUT2D eigenvalue weighted by Gasteiger charge is -2.11. The van der Waals surface area contributed by atoms with Gasteiger partial charge in [-0.3, -0.25) is 0 Å². The van der Waals surface area contributed by atoms with Crippen molar-refractivity contribution in [2.45, 2.75) is 26.7 Å². The second kappa shape index (κ2) is 5.37. The molecule has 0 spiro atoms. The van der Waals surface area contributed by atoms with E-state index in [1.807, 2.05) is 19.1 Å². The maximum absolute atomic E-state index is 6.09. The second-order valence-corrected chi connectivity index (χ2v) is 4.32. The monoisotopic (exact) mass is 249 g/mol. The Balaban J connectivity index is 2.59. The summed E-state index contributed by atoms with van der Waals surface area (Å²) in [5, 5.41) is 2.61. The second-order valence-electron chi connectivity index (χ2n) is 3.97. The van der Waals surface area contributed by atoms with Crippen molar-refractivity contribution in [3.63, 3.8) is 0 Å². The van der Waals surface area contributed by atoms with Crippen molar-refractivity contribution in [2.75, 3.05) is 6.61 Å². The van der Waals surface area contributed by atoms with E-state index in [0.29, 0.717) is 11.8 Å². The zero-order chi connectivity index (χ0) is 12.3. The molecular formula is C14H16ClNO. The maximum Gasteiger partial charge on any atom is 0.136 e. The average Bonchev–Trinajstić information content (AvgIpc) is 2.32.